The van der Waals surface area contributed by atoms with Gasteiger partial charge in [0.05, 0.1) is 4.90 Å². The largest absolute Gasteiger partial charge is 0.325 e. The molecule has 1 amide bonds. The number of rotatable bonds is 5. The molecule has 0 aliphatic heterocycles. The van der Waals surface area contributed by atoms with Crippen molar-refractivity contribution in [1.82, 2.24) is 0 Å². The molecule has 23 heavy (non-hydrogen) atoms. The molecule has 1 atom stereocenters. The van der Waals surface area contributed by atoms with Gasteiger partial charge in [-0.1, -0.05) is 12.1 Å². The molecule has 0 heterocycles. The zero-order valence-corrected chi connectivity index (χ0v) is 14.3. The predicted octanol–water partition coefficient (Wildman–Crippen LogP) is 3.36. The number of sulfonamides is 1. The highest BCUT2D eigenvalue weighted by molar-refractivity contribution is 7.92. The summed E-state index contributed by atoms with van der Waals surface area (Å²) in [6.45, 7) is 3.44. The lowest BCUT2D eigenvalue weighted by Crippen LogP contribution is -2.20. The summed E-state index contributed by atoms with van der Waals surface area (Å²) in [5.41, 5.74) is 1.94. The highest BCUT2D eigenvalue weighted by Crippen LogP contribution is 2.19. The Labute approximate surface area is 140 Å². The fourth-order valence-electron chi connectivity index (χ4n) is 1.88. The van der Waals surface area contributed by atoms with Gasteiger partial charge in [0.2, 0.25) is 5.91 Å². The van der Waals surface area contributed by atoms with E-state index < -0.39 is 15.4 Å². The van der Waals surface area contributed by atoms with Crippen molar-refractivity contribution < 1.29 is 13.2 Å². The Morgan fingerprint density at radius 3 is 2.30 bits per heavy atom. The van der Waals surface area contributed by atoms with Gasteiger partial charge < -0.3 is 5.32 Å². The SMILES string of the molecule is Cc1cccc(NS(=O)(=O)c2ccc(NC(=O)C(C)Cl)cc2)c1. The number of alkyl halides is 1. The molecular formula is C16H17ClN2O3S. The van der Waals surface area contributed by atoms with Gasteiger partial charge in [-0.25, -0.2) is 8.42 Å². The molecule has 0 aliphatic carbocycles. The first-order valence-corrected chi connectivity index (χ1v) is 8.84. The van der Waals surface area contributed by atoms with Crippen LogP contribution in [0, 0.1) is 6.92 Å². The zero-order chi connectivity index (χ0) is 17.0. The standard InChI is InChI=1S/C16H17ClN2O3S/c1-11-4-3-5-14(10-11)19-23(21,22)15-8-6-13(7-9-15)18-16(20)12(2)17/h3-10,12,19H,1-2H3,(H,18,20). The van der Waals surface area contributed by atoms with Crippen LogP contribution in [0.2, 0.25) is 0 Å². The first-order chi connectivity index (χ1) is 10.8. The Kier molecular flexibility index (Phi) is 5.28. The molecule has 122 valence electrons. The van der Waals surface area contributed by atoms with Crippen LogP contribution in [0.25, 0.3) is 0 Å². The number of hydrogen-bond acceptors (Lipinski definition) is 3. The Bertz CT molecular complexity index is 802. The van der Waals surface area contributed by atoms with Crippen LogP contribution in [-0.4, -0.2) is 19.7 Å². The van der Waals surface area contributed by atoms with Crippen molar-refractivity contribution in [2.75, 3.05) is 10.0 Å². The van der Waals surface area contributed by atoms with Crippen molar-refractivity contribution in [1.29, 1.82) is 0 Å². The molecule has 0 bridgehead atoms. The van der Waals surface area contributed by atoms with Crippen LogP contribution in [0.1, 0.15) is 12.5 Å². The Hall–Kier alpha value is -2.05. The third-order valence-electron chi connectivity index (χ3n) is 3.06. The number of amides is 1. The average Bonchev–Trinajstić information content (AvgIpc) is 2.47. The van der Waals surface area contributed by atoms with Crippen molar-refractivity contribution in [3.8, 4) is 0 Å². The van der Waals surface area contributed by atoms with Crippen LogP contribution < -0.4 is 10.0 Å². The molecule has 7 heteroatoms. The normalized spacial score (nSPS) is 12.5. The Morgan fingerprint density at radius 2 is 1.74 bits per heavy atom. The fraction of sp³-hybridized carbons (Fsp3) is 0.188. The van der Waals surface area contributed by atoms with Gasteiger partial charge in [0.25, 0.3) is 10.0 Å². The Balaban J connectivity index is 2.16. The summed E-state index contributed by atoms with van der Waals surface area (Å²) in [6.07, 6.45) is 0. The molecule has 5 nitrogen and oxygen atoms in total. The third-order valence-corrected chi connectivity index (χ3v) is 4.66. The van der Waals surface area contributed by atoms with E-state index in [0.717, 1.165) is 5.56 Å². The van der Waals surface area contributed by atoms with Gasteiger partial charge in [-0.3, -0.25) is 9.52 Å². The van der Waals surface area contributed by atoms with Crippen molar-refractivity contribution in [3.63, 3.8) is 0 Å². The number of carbonyl (C=O) groups is 1. The summed E-state index contributed by atoms with van der Waals surface area (Å²) in [4.78, 5) is 11.6. The monoisotopic (exact) mass is 352 g/mol. The van der Waals surface area contributed by atoms with Crippen LogP contribution in [0.5, 0.6) is 0 Å². The van der Waals surface area contributed by atoms with E-state index in [1.54, 1.807) is 25.1 Å². The summed E-state index contributed by atoms with van der Waals surface area (Å²) >= 11 is 5.67. The maximum absolute atomic E-state index is 12.3. The highest BCUT2D eigenvalue weighted by atomic mass is 35.5. The van der Waals surface area contributed by atoms with Crippen molar-refractivity contribution >= 4 is 38.9 Å². The van der Waals surface area contributed by atoms with Crippen LogP contribution in [0.4, 0.5) is 11.4 Å². The van der Waals surface area contributed by atoms with E-state index in [-0.39, 0.29) is 10.8 Å². The van der Waals surface area contributed by atoms with Gasteiger partial charge in [-0.15, -0.1) is 11.6 Å². The summed E-state index contributed by atoms with van der Waals surface area (Å²) < 4.78 is 27.2. The minimum absolute atomic E-state index is 0.107. The molecule has 2 aromatic rings. The summed E-state index contributed by atoms with van der Waals surface area (Å²) in [6, 6.07) is 13.0. The first-order valence-electron chi connectivity index (χ1n) is 6.92. The second kappa shape index (κ2) is 7.02. The summed E-state index contributed by atoms with van der Waals surface area (Å²) in [7, 11) is -3.68. The number of nitrogens with one attached hydrogen (secondary N) is 2. The quantitative estimate of drug-likeness (QED) is 0.810. The van der Waals surface area contributed by atoms with E-state index in [4.69, 9.17) is 11.6 Å². The molecule has 0 fully saturated rings. The number of aryl methyl sites for hydroxylation is 1. The molecule has 2 rings (SSSR count). The van der Waals surface area contributed by atoms with E-state index in [2.05, 4.69) is 10.0 Å². The molecule has 0 saturated carbocycles. The van der Waals surface area contributed by atoms with Gasteiger partial charge in [0.1, 0.15) is 5.38 Å². The second-order valence-electron chi connectivity index (χ2n) is 5.10. The smallest absolute Gasteiger partial charge is 0.261 e. The average molecular weight is 353 g/mol. The van der Waals surface area contributed by atoms with Crippen molar-refractivity contribution in [3.05, 3.63) is 54.1 Å². The first kappa shape index (κ1) is 17.3. The van der Waals surface area contributed by atoms with E-state index in [9.17, 15) is 13.2 Å². The highest BCUT2D eigenvalue weighted by Gasteiger charge is 2.15. The van der Waals surface area contributed by atoms with Gasteiger partial charge in [0, 0.05) is 11.4 Å². The fourth-order valence-corrected chi connectivity index (χ4v) is 2.99. The van der Waals surface area contributed by atoms with Crippen LogP contribution in [0.3, 0.4) is 0 Å². The lowest BCUT2D eigenvalue weighted by atomic mass is 10.2. The number of anilines is 2. The van der Waals surface area contributed by atoms with E-state index >= 15 is 0 Å². The van der Waals surface area contributed by atoms with Crippen molar-refractivity contribution in [2.24, 2.45) is 0 Å². The molecule has 0 saturated heterocycles. The second-order valence-corrected chi connectivity index (χ2v) is 7.44. The van der Waals surface area contributed by atoms with E-state index in [0.29, 0.717) is 11.4 Å². The molecule has 1 unspecified atom stereocenters. The molecule has 0 aliphatic rings. The van der Waals surface area contributed by atoms with Crippen LogP contribution >= 0.6 is 11.6 Å². The lowest BCUT2D eigenvalue weighted by Gasteiger charge is -2.10. The van der Waals surface area contributed by atoms with Gasteiger partial charge >= 0.3 is 0 Å². The maximum atomic E-state index is 12.3. The zero-order valence-electron chi connectivity index (χ0n) is 12.7. The molecule has 0 spiro atoms. The Morgan fingerprint density at radius 1 is 1.09 bits per heavy atom. The van der Waals surface area contributed by atoms with E-state index in [1.165, 1.54) is 24.3 Å². The number of halogens is 1. The molecule has 0 radical (unpaired) electrons. The minimum atomic E-state index is -3.68. The third kappa shape index (κ3) is 4.71. The topological polar surface area (TPSA) is 75.3 Å². The number of benzene rings is 2. The van der Waals surface area contributed by atoms with Gasteiger partial charge in [-0.2, -0.15) is 0 Å². The van der Waals surface area contributed by atoms with Gasteiger partial charge in [-0.05, 0) is 55.8 Å². The van der Waals surface area contributed by atoms with Crippen LogP contribution in [0.15, 0.2) is 53.4 Å². The maximum Gasteiger partial charge on any atom is 0.261 e. The van der Waals surface area contributed by atoms with Crippen molar-refractivity contribution in [2.45, 2.75) is 24.1 Å². The lowest BCUT2D eigenvalue weighted by molar-refractivity contribution is -0.115. The van der Waals surface area contributed by atoms with Gasteiger partial charge in [0.15, 0.2) is 0 Å². The van der Waals surface area contributed by atoms with Crippen LogP contribution in [-0.2, 0) is 14.8 Å². The minimum Gasteiger partial charge on any atom is -0.325 e. The molecular weight excluding hydrogens is 336 g/mol. The predicted molar refractivity (Wildman–Crippen MR) is 92.4 cm³/mol. The summed E-state index contributed by atoms with van der Waals surface area (Å²) in [5.74, 6) is -0.347. The number of carbonyl (C=O) groups excluding carboxylic acids is 1. The summed E-state index contributed by atoms with van der Waals surface area (Å²) in [5, 5.41) is 1.93. The molecule has 2 aromatic carbocycles. The molecule has 2 N–H and O–H groups in total. The number of hydrogen-bond donors (Lipinski definition) is 2. The molecule has 0 aromatic heterocycles. The van der Waals surface area contributed by atoms with E-state index in [1.807, 2.05) is 13.0 Å².